The van der Waals surface area contributed by atoms with Crippen LogP contribution < -0.4 is 0 Å². The predicted octanol–water partition coefficient (Wildman–Crippen LogP) is 1.27. The van der Waals surface area contributed by atoms with E-state index >= 15 is 0 Å². The van der Waals surface area contributed by atoms with Gasteiger partial charge in [0.2, 0.25) is 0 Å². The van der Waals surface area contributed by atoms with Gasteiger partial charge in [0.1, 0.15) is 7.85 Å². The van der Waals surface area contributed by atoms with E-state index < -0.39 is 0 Å². The first-order valence-corrected chi connectivity index (χ1v) is 5.24. The molecule has 0 aromatic carbocycles. The Labute approximate surface area is 74.8 Å². The lowest BCUT2D eigenvalue weighted by atomic mass is 9.86. The second kappa shape index (κ2) is 4.22. The Morgan fingerprint density at radius 1 is 1.82 bits per heavy atom. The third-order valence-corrected chi connectivity index (χ3v) is 3.19. The first-order chi connectivity index (χ1) is 5.24. The van der Waals surface area contributed by atoms with E-state index in [0.717, 1.165) is 0 Å². The number of rotatable bonds is 2. The van der Waals surface area contributed by atoms with Crippen molar-refractivity contribution in [3.05, 3.63) is 12.2 Å². The Kier molecular flexibility index (Phi) is 3.53. The fourth-order valence-electron chi connectivity index (χ4n) is 1.47. The molecule has 0 radical (unpaired) electrons. The number of hydrogen-bond acceptors (Lipinski definition) is 2. The predicted molar refractivity (Wildman–Crippen MR) is 55.5 cm³/mol. The molecular formula is C8H16BNS. The zero-order valence-corrected chi connectivity index (χ0v) is 8.28. The Balaban J connectivity index is 2.37. The largest absolute Gasteiger partial charge is 0.255 e. The highest BCUT2D eigenvalue weighted by Gasteiger charge is 2.19. The van der Waals surface area contributed by atoms with Gasteiger partial charge in [-0.15, -0.1) is 0 Å². The van der Waals surface area contributed by atoms with Gasteiger partial charge in [-0.25, -0.2) is 0 Å². The van der Waals surface area contributed by atoms with Gasteiger partial charge in [0, 0.05) is 12.3 Å². The summed E-state index contributed by atoms with van der Waals surface area (Å²) in [5.74, 6) is 1.89. The van der Waals surface area contributed by atoms with Crippen molar-refractivity contribution in [2.24, 2.45) is 0 Å². The molecule has 1 aliphatic rings. The molecule has 1 saturated heterocycles. The molecule has 0 aliphatic carbocycles. The summed E-state index contributed by atoms with van der Waals surface area (Å²) in [5.41, 5.74) is 1.42. The Bertz CT molecular complexity index is 149. The highest BCUT2D eigenvalue weighted by molar-refractivity contribution is 7.97. The molecule has 0 aromatic rings. The molecule has 1 heterocycles. The van der Waals surface area contributed by atoms with Crippen molar-refractivity contribution in [3.8, 4) is 0 Å². The molecule has 1 fully saturated rings. The van der Waals surface area contributed by atoms with Crippen LogP contribution in [0.5, 0.6) is 0 Å². The summed E-state index contributed by atoms with van der Waals surface area (Å²) in [6.45, 7) is 7.43. The zero-order chi connectivity index (χ0) is 8.27. The zero-order valence-electron chi connectivity index (χ0n) is 7.47. The maximum Gasteiger partial charge on any atom is 0.125 e. The fourth-order valence-corrected chi connectivity index (χ4v) is 2.35. The van der Waals surface area contributed by atoms with Gasteiger partial charge in [0.25, 0.3) is 0 Å². The van der Waals surface area contributed by atoms with Gasteiger partial charge in [-0.2, -0.15) is 0 Å². The molecule has 3 heteroatoms. The first kappa shape index (κ1) is 9.20. The fraction of sp³-hybridized carbons (Fsp3) is 0.750. The van der Waals surface area contributed by atoms with Crippen LogP contribution in [0.1, 0.15) is 19.8 Å². The number of hydrogen-bond donors (Lipinski definition) is 0. The van der Waals surface area contributed by atoms with Crippen LogP contribution in [0.4, 0.5) is 0 Å². The van der Waals surface area contributed by atoms with E-state index in [2.05, 4.69) is 25.7 Å². The molecule has 1 aliphatic heterocycles. The Hall–Kier alpha value is 0.115. The average molecular weight is 169 g/mol. The molecule has 0 saturated carbocycles. The summed E-state index contributed by atoms with van der Waals surface area (Å²) in [6.07, 6.45) is 2.38. The van der Waals surface area contributed by atoms with E-state index in [9.17, 15) is 0 Å². The maximum absolute atomic E-state index is 4.02. The summed E-state index contributed by atoms with van der Waals surface area (Å²) in [4.78, 5) is 0. The summed E-state index contributed by atoms with van der Waals surface area (Å²) in [5, 5.41) is 0. The SMILES string of the molecule is BC1CC(=C)CCN1SCC. The molecule has 1 unspecified atom stereocenters. The Morgan fingerprint density at radius 3 is 3.09 bits per heavy atom. The van der Waals surface area contributed by atoms with Gasteiger partial charge < -0.3 is 0 Å². The van der Waals surface area contributed by atoms with E-state index in [-0.39, 0.29) is 0 Å². The molecule has 0 aromatic heterocycles. The molecule has 0 spiro atoms. The topological polar surface area (TPSA) is 3.24 Å². The summed E-state index contributed by atoms with van der Waals surface area (Å²) < 4.78 is 2.48. The highest BCUT2D eigenvalue weighted by atomic mass is 32.2. The van der Waals surface area contributed by atoms with E-state index in [4.69, 9.17) is 0 Å². The molecular weight excluding hydrogens is 153 g/mol. The molecule has 0 bridgehead atoms. The van der Waals surface area contributed by atoms with Gasteiger partial charge in [0.05, 0.1) is 0 Å². The lowest BCUT2D eigenvalue weighted by Crippen LogP contribution is -2.35. The van der Waals surface area contributed by atoms with E-state index in [1.807, 2.05) is 11.9 Å². The van der Waals surface area contributed by atoms with Crippen LogP contribution in [0.25, 0.3) is 0 Å². The van der Waals surface area contributed by atoms with Gasteiger partial charge in [-0.1, -0.05) is 31.0 Å². The van der Waals surface area contributed by atoms with E-state index in [1.54, 1.807) is 0 Å². The third kappa shape index (κ3) is 2.56. The molecule has 62 valence electrons. The van der Waals surface area contributed by atoms with Crippen molar-refractivity contribution in [3.63, 3.8) is 0 Å². The molecule has 1 rings (SSSR count). The molecule has 1 atom stereocenters. The maximum atomic E-state index is 4.02. The minimum absolute atomic E-state index is 0.696. The average Bonchev–Trinajstić information content (AvgIpc) is 1.95. The van der Waals surface area contributed by atoms with Gasteiger partial charge >= 0.3 is 0 Å². The lowest BCUT2D eigenvalue weighted by molar-refractivity contribution is 0.397. The van der Waals surface area contributed by atoms with Gasteiger partial charge in [0.15, 0.2) is 0 Å². The van der Waals surface area contributed by atoms with Crippen molar-refractivity contribution in [2.75, 3.05) is 12.3 Å². The summed E-state index contributed by atoms with van der Waals surface area (Å²) in [7, 11) is 2.28. The van der Waals surface area contributed by atoms with Crippen molar-refractivity contribution in [1.29, 1.82) is 0 Å². The normalized spacial score (nSPS) is 27.4. The minimum atomic E-state index is 0.696. The summed E-state index contributed by atoms with van der Waals surface area (Å²) in [6, 6.07) is 0. The second-order valence-electron chi connectivity index (χ2n) is 3.11. The number of nitrogens with zero attached hydrogens (tertiary/aromatic N) is 1. The minimum Gasteiger partial charge on any atom is -0.255 e. The van der Waals surface area contributed by atoms with Gasteiger partial charge in [-0.3, -0.25) is 4.31 Å². The van der Waals surface area contributed by atoms with E-state index in [0.29, 0.717) is 5.94 Å². The van der Waals surface area contributed by atoms with Crippen molar-refractivity contribution < 1.29 is 0 Å². The first-order valence-electron chi connectivity index (χ1n) is 4.30. The lowest BCUT2D eigenvalue weighted by Gasteiger charge is -2.33. The van der Waals surface area contributed by atoms with Crippen LogP contribution in [-0.4, -0.2) is 30.4 Å². The van der Waals surface area contributed by atoms with Crippen LogP contribution >= 0.6 is 11.9 Å². The van der Waals surface area contributed by atoms with Crippen LogP contribution in [0, 0.1) is 0 Å². The molecule has 0 N–H and O–H groups in total. The molecule has 11 heavy (non-hydrogen) atoms. The Morgan fingerprint density at radius 2 is 2.55 bits per heavy atom. The highest BCUT2D eigenvalue weighted by Crippen LogP contribution is 2.24. The van der Waals surface area contributed by atoms with Crippen molar-refractivity contribution in [1.82, 2.24) is 4.31 Å². The van der Waals surface area contributed by atoms with Crippen LogP contribution in [-0.2, 0) is 0 Å². The van der Waals surface area contributed by atoms with Crippen molar-refractivity contribution >= 4 is 19.8 Å². The van der Waals surface area contributed by atoms with Crippen LogP contribution in [0.3, 0.4) is 0 Å². The van der Waals surface area contributed by atoms with Crippen LogP contribution in [0.2, 0.25) is 0 Å². The smallest absolute Gasteiger partial charge is 0.125 e. The third-order valence-electron chi connectivity index (χ3n) is 2.06. The van der Waals surface area contributed by atoms with Crippen LogP contribution in [0.15, 0.2) is 12.2 Å². The van der Waals surface area contributed by atoms with Gasteiger partial charge in [-0.05, 0) is 18.8 Å². The standard InChI is InChI=1S/C8H16BNS/c1-3-11-10-5-4-7(2)6-8(10)9/h8H,2-6,9H2,1H3. The monoisotopic (exact) mass is 169 g/mol. The quantitative estimate of drug-likeness (QED) is 0.348. The van der Waals surface area contributed by atoms with E-state index in [1.165, 1.54) is 30.7 Å². The van der Waals surface area contributed by atoms with Crippen molar-refractivity contribution in [2.45, 2.75) is 25.7 Å². The summed E-state index contributed by atoms with van der Waals surface area (Å²) >= 11 is 1.95. The second-order valence-corrected chi connectivity index (χ2v) is 4.42. The number of piperidine rings is 1. The molecule has 0 amide bonds. The molecule has 1 nitrogen and oxygen atoms in total.